The molecule has 4 heterocycles. The molecule has 1 atom stereocenters. The number of nitrogens with one attached hydrogen (secondary N) is 1. The van der Waals surface area contributed by atoms with Gasteiger partial charge >= 0.3 is 0 Å². The average molecular weight is 578 g/mol. The third-order valence-electron chi connectivity index (χ3n) is 8.11. The van der Waals surface area contributed by atoms with Gasteiger partial charge in [0.25, 0.3) is 5.89 Å². The predicted molar refractivity (Wildman–Crippen MR) is 153 cm³/mol. The van der Waals surface area contributed by atoms with Crippen LogP contribution in [0.4, 0.5) is 10.2 Å². The number of hydrogen-bond donors (Lipinski definition) is 2. The van der Waals surface area contributed by atoms with Crippen LogP contribution in [-0.4, -0.2) is 64.4 Å². The molecule has 41 heavy (non-hydrogen) atoms. The van der Waals surface area contributed by atoms with Crippen LogP contribution in [0.3, 0.4) is 0 Å². The second kappa shape index (κ2) is 10.3. The number of piperidine rings is 1. The van der Waals surface area contributed by atoms with Gasteiger partial charge in [-0.3, -0.25) is 0 Å². The van der Waals surface area contributed by atoms with Crippen molar-refractivity contribution in [2.24, 2.45) is 0 Å². The van der Waals surface area contributed by atoms with Crippen molar-refractivity contribution in [1.82, 2.24) is 30.4 Å². The minimum Gasteiger partial charge on any atom is -0.414 e. The van der Waals surface area contributed by atoms with E-state index >= 15 is 4.39 Å². The number of hydrogen-bond acceptors (Lipinski definition) is 10. The summed E-state index contributed by atoms with van der Waals surface area (Å²) in [6.45, 7) is 5.80. The lowest BCUT2D eigenvalue weighted by molar-refractivity contribution is 0.234. The molecular weight excluding hydrogens is 545 g/mol. The number of halogens is 1. The van der Waals surface area contributed by atoms with Gasteiger partial charge in [-0.15, -0.1) is 10.2 Å². The zero-order valence-corrected chi connectivity index (χ0v) is 23.9. The van der Waals surface area contributed by atoms with Gasteiger partial charge in [0.2, 0.25) is 5.89 Å². The summed E-state index contributed by atoms with van der Waals surface area (Å²) in [5.41, 5.74) is 9.18. The third-order valence-corrected chi connectivity index (χ3v) is 10.7. The average Bonchev–Trinajstić information content (AvgIpc) is 3.51. The molecule has 0 spiro atoms. The maximum Gasteiger partial charge on any atom is 0.270 e. The second-order valence-corrected chi connectivity index (χ2v) is 13.8. The van der Waals surface area contributed by atoms with E-state index in [1.54, 1.807) is 6.07 Å². The van der Waals surface area contributed by atoms with Crippen LogP contribution in [-0.2, 0) is 16.4 Å². The predicted octanol–water partition coefficient (Wildman–Crippen LogP) is 4.20. The fourth-order valence-corrected chi connectivity index (χ4v) is 7.00. The molecule has 214 valence electrons. The van der Waals surface area contributed by atoms with Gasteiger partial charge in [-0.2, -0.15) is 0 Å². The molecule has 1 saturated heterocycles. The van der Waals surface area contributed by atoms with Crippen LogP contribution < -0.4 is 11.1 Å². The first-order valence-corrected chi connectivity index (χ1v) is 15.0. The molecule has 12 heteroatoms. The second-order valence-electron chi connectivity index (χ2n) is 11.3. The van der Waals surface area contributed by atoms with Crippen molar-refractivity contribution < 1.29 is 17.2 Å². The van der Waals surface area contributed by atoms with E-state index in [1.807, 2.05) is 24.3 Å². The van der Waals surface area contributed by atoms with Crippen molar-refractivity contribution in [1.29, 1.82) is 0 Å². The molecule has 10 nitrogen and oxygen atoms in total. The summed E-state index contributed by atoms with van der Waals surface area (Å²) in [5.74, 6) is 0.493. The van der Waals surface area contributed by atoms with Crippen molar-refractivity contribution in [2.75, 3.05) is 25.9 Å². The van der Waals surface area contributed by atoms with Gasteiger partial charge in [0.1, 0.15) is 10.9 Å². The molecule has 0 aliphatic carbocycles. The Morgan fingerprint density at radius 1 is 1.07 bits per heavy atom. The summed E-state index contributed by atoms with van der Waals surface area (Å²) in [7, 11) is -1.64. The van der Waals surface area contributed by atoms with Gasteiger partial charge in [-0.05, 0) is 76.7 Å². The van der Waals surface area contributed by atoms with E-state index in [0.717, 1.165) is 43.6 Å². The highest BCUT2D eigenvalue weighted by molar-refractivity contribution is 7.93. The van der Waals surface area contributed by atoms with Crippen LogP contribution >= 0.6 is 0 Å². The minimum atomic E-state index is -3.80. The van der Waals surface area contributed by atoms with E-state index in [4.69, 9.17) is 10.2 Å². The van der Waals surface area contributed by atoms with E-state index in [9.17, 15) is 8.42 Å². The van der Waals surface area contributed by atoms with Crippen molar-refractivity contribution in [3.63, 3.8) is 0 Å². The van der Waals surface area contributed by atoms with Crippen LogP contribution in [0, 0.1) is 0 Å². The molecule has 6 rings (SSSR count). The maximum atomic E-state index is 15.2. The lowest BCUT2D eigenvalue weighted by Crippen LogP contribution is -2.40. The Hall–Kier alpha value is -3.74. The highest BCUT2D eigenvalue weighted by Crippen LogP contribution is 2.49. The third kappa shape index (κ3) is 4.89. The number of nitrogens with two attached hydrogens (primary N) is 1. The number of aromatic nitrogens is 4. The monoisotopic (exact) mass is 577 g/mol. The van der Waals surface area contributed by atoms with E-state index in [2.05, 4.69) is 37.4 Å². The Morgan fingerprint density at radius 3 is 2.49 bits per heavy atom. The van der Waals surface area contributed by atoms with Crippen molar-refractivity contribution in [3.8, 4) is 34.3 Å². The topological polar surface area (TPSA) is 140 Å². The summed E-state index contributed by atoms with van der Waals surface area (Å²) >= 11 is 0. The summed E-state index contributed by atoms with van der Waals surface area (Å²) in [6.07, 6.45) is 2.07. The summed E-state index contributed by atoms with van der Waals surface area (Å²) in [6, 6.07) is 12.9. The number of rotatable bonds is 6. The number of anilines is 1. The van der Waals surface area contributed by atoms with Crippen molar-refractivity contribution >= 4 is 15.7 Å². The molecule has 2 aromatic carbocycles. The summed E-state index contributed by atoms with van der Waals surface area (Å²) in [4.78, 5) is 11.1. The van der Waals surface area contributed by atoms with Gasteiger partial charge in [-0.1, -0.05) is 18.2 Å². The highest BCUT2D eigenvalue weighted by atomic mass is 32.2. The standard InChI is InChI=1S/C29H32FN7O3S/c1-29(2)25(30)21-14-19(8-9-23(21)41(29,38)39)22-16-33-26(31)24(34-22)28-36-35-27(40-28)18-6-4-17(5-7-18)15-32-20-10-12-37(3)13-11-20/h4-9,14,16,20,25,32H,10-13,15H2,1-3H3,(H2,31,33)/t25-/m0/s1. The molecule has 1 fully saturated rings. The molecular formula is C29H32FN7O3S. The fraction of sp³-hybridized carbons (Fsp3) is 0.379. The fourth-order valence-electron chi connectivity index (χ4n) is 5.32. The van der Waals surface area contributed by atoms with Crippen LogP contribution in [0.15, 0.2) is 58.0 Å². The van der Waals surface area contributed by atoms with Crippen LogP contribution in [0.25, 0.3) is 34.3 Å². The number of alkyl halides is 1. The highest BCUT2D eigenvalue weighted by Gasteiger charge is 2.52. The van der Waals surface area contributed by atoms with Gasteiger partial charge in [0, 0.05) is 29.3 Å². The first kappa shape index (κ1) is 27.4. The summed E-state index contributed by atoms with van der Waals surface area (Å²) < 4.78 is 45.1. The number of nitrogens with zero attached hydrogens (tertiary/aromatic N) is 5. The lowest BCUT2D eigenvalue weighted by Gasteiger charge is -2.29. The summed E-state index contributed by atoms with van der Waals surface area (Å²) in [5, 5.41) is 11.9. The van der Waals surface area contributed by atoms with Crippen molar-refractivity contribution in [2.45, 2.75) is 55.1 Å². The molecule has 2 aliphatic heterocycles. The zero-order valence-electron chi connectivity index (χ0n) is 23.1. The Balaban J connectivity index is 1.21. The lowest BCUT2D eigenvalue weighted by atomic mass is 9.98. The number of fused-ring (bicyclic) bond motifs is 1. The molecule has 0 saturated carbocycles. The van der Waals surface area contributed by atoms with Gasteiger partial charge in [-0.25, -0.2) is 22.8 Å². The molecule has 0 unspecified atom stereocenters. The van der Waals surface area contributed by atoms with E-state index < -0.39 is 20.8 Å². The molecule has 3 N–H and O–H groups in total. The maximum absolute atomic E-state index is 15.2. The van der Waals surface area contributed by atoms with Crippen LogP contribution in [0.2, 0.25) is 0 Å². The normalized spacial score (nSPS) is 20.2. The van der Waals surface area contributed by atoms with E-state index in [-0.39, 0.29) is 27.9 Å². The number of likely N-dealkylation sites (tertiary alicyclic amines) is 1. The van der Waals surface area contributed by atoms with E-state index in [1.165, 1.54) is 32.2 Å². The van der Waals surface area contributed by atoms with Gasteiger partial charge in [0.05, 0.1) is 16.8 Å². The largest absolute Gasteiger partial charge is 0.414 e. The first-order valence-electron chi connectivity index (χ1n) is 13.6. The molecule has 0 bridgehead atoms. The Morgan fingerprint density at radius 2 is 1.76 bits per heavy atom. The number of nitrogen functional groups attached to an aromatic ring is 1. The SMILES string of the molecule is CN1CCC(NCc2ccc(-c3nnc(-c4nc(-c5ccc6c(c5)[C@H](F)C(C)(C)S6(=O)=O)cnc4N)o3)cc2)CC1. The first-order chi connectivity index (χ1) is 19.5. The van der Waals surface area contributed by atoms with Crippen LogP contribution in [0.1, 0.15) is 44.0 Å². The van der Waals surface area contributed by atoms with Gasteiger partial charge < -0.3 is 20.4 Å². The van der Waals surface area contributed by atoms with Crippen LogP contribution in [0.5, 0.6) is 0 Å². The number of sulfone groups is 1. The number of benzene rings is 2. The Kier molecular flexibility index (Phi) is 6.87. The minimum absolute atomic E-state index is 0.00691. The molecule has 0 radical (unpaired) electrons. The van der Waals surface area contributed by atoms with Gasteiger partial charge in [0.15, 0.2) is 21.3 Å². The Bertz CT molecular complexity index is 1700. The molecule has 2 aromatic heterocycles. The van der Waals surface area contributed by atoms with E-state index in [0.29, 0.717) is 23.2 Å². The molecule has 4 aromatic rings. The Labute approximate surface area is 238 Å². The molecule has 0 amide bonds. The molecule has 2 aliphatic rings. The zero-order chi connectivity index (χ0) is 28.9. The quantitative estimate of drug-likeness (QED) is 0.343. The van der Waals surface area contributed by atoms with Crippen molar-refractivity contribution in [3.05, 3.63) is 59.8 Å². The smallest absolute Gasteiger partial charge is 0.270 e.